The molecule has 0 fully saturated rings. The summed E-state index contributed by atoms with van der Waals surface area (Å²) in [6.45, 7) is 1.54. The summed E-state index contributed by atoms with van der Waals surface area (Å²) in [5, 5.41) is 22.0. The zero-order chi connectivity index (χ0) is 13.7. The van der Waals surface area contributed by atoms with E-state index in [4.69, 9.17) is 5.73 Å². The average Bonchev–Trinajstić information content (AvgIpc) is 2.27. The van der Waals surface area contributed by atoms with Crippen molar-refractivity contribution >= 4 is 11.6 Å². The van der Waals surface area contributed by atoms with Gasteiger partial charge in [0.15, 0.2) is 0 Å². The first-order valence-corrected chi connectivity index (χ1v) is 5.58. The lowest BCUT2D eigenvalue weighted by Crippen LogP contribution is -2.28. The molecule has 5 N–H and O–H groups in total. The minimum atomic E-state index is -1.42. The van der Waals surface area contributed by atoms with Crippen LogP contribution in [0.1, 0.15) is 25.0 Å². The van der Waals surface area contributed by atoms with Gasteiger partial charge in [-0.05, 0) is 18.6 Å². The van der Waals surface area contributed by atoms with E-state index >= 15 is 0 Å². The third-order valence-electron chi connectivity index (χ3n) is 2.56. The van der Waals surface area contributed by atoms with Gasteiger partial charge in [0.25, 0.3) is 0 Å². The fourth-order valence-corrected chi connectivity index (χ4v) is 1.61. The first-order chi connectivity index (χ1) is 8.43. The molecule has 18 heavy (non-hydrogen) atoms. The molecule has 1 aromatic carbocycles. The van der Waals surface area contributed by atoms with Crippen molar-refractivity contribution in [1.29, 1.82) is 0 Å². The number of hydrogen-bond donors (Lipinski definition) is 4. The Kier molecular flexibility index (Phi) is 5.06. The number of nitrogen functional groups attached to an aromatic ring is 1. The molecule has 1 aromatic rings. The van der Waals surface area contributed by atoms with Crippen molar-refractivity contribution < 1.29 is 19.4 Å². The Morgan fingerprint density at radius 3 is 2.72 bits per heavy atom. The minimum absolute atomic E-state index is 0.0843. The number of hydrogen-bond acceptors (Lipinski definition) is 4. The molecule has 2 atom stereocenters. The number of rotatable bonds is 5. The Bertz CT molecular complexity index is 406. The Balaban J connectivity index is 2.68. The summed E-state index contributed by atoms with van der Waals surface area (Å²) in [6.07, 6.45) is -2.51. The number of benzene rings is 1. The normalized spacial score (nSPS) is 14.0. The first-order valence-electron chi connectivity index (χ1n) is 5.58. The van der Waals surface area contributed by atoms with E-state index in [9.17, 15) is 19.4 Å². The van der Waals surface area contributed by atoms with Gasteiger partial charge in [-0.3, -0.25) is 4.79 Å². The topological polar surface area (TPSA) is 95.6 Å². The summed E-state index contributed by atoms with van der Waals surface area (Å²) in [5.74, 6) is -0.900. The van der Waals surface area contributed by atoms with Crippen molar-refractivity contribution in [2.75, 3.05) is 12.3 Å². The van der Waals surface area contributed by atoms with Crippen LogP contribution in [0, 0.1) is 5.82 Å². The van der Waals surface area contributed by atoms with Gasteiger partial charge in [-0.1, -0.05) is 6.07 Å². The fourth-order valence-electron chi connectivity index (χ4n) is 1.61. The molecule has 0 aliphatic carbocycles. The monoisotopic (exact) mass is 256 g/mol. The lowest BCUT2D eigenvalue weighted by Gasteiger charge is -2.20. The molecular formula is C12H17FN2O3. The molecule has 0 aromatic heterocycles. The second-order valence-electron chi connectivity index (χ2n) is 4.03. The highest BCUT2D eigenvalue weighted by Gasteiger charge is 2.23. The van der Waals surface area contributed by atoms with Crippen LogP contribution >= 0.6 is 0 Å². The van der Waals surface area contributed by atoms with E-state index in [-0.39, 0.29) is 30.1 Å². The number of nitrogens with two attached hydrogens (primary N) is 1. The molecule has 1 amide bonds. The Hall–Kier alpha value is -1.66. The largest absolute Gasteiger partial charge is 0.398 e. The molecule has 0 aliphatic heterocycles. The van der Waals surface area contributed by atoms with E-state index in [1.165, 1.54) is 19.1 Å². The second kappa shape index (κ2) is 6.32. The predicted octanol–water partition coefficient (Wildman–Crippen LogP) is 0.328. The molecule has 6 heteroatoms. The van der Waals surface area contributed by atoms with E-state index in [1.807, 2.05) is 0 Å². The molecule has 2 unspecified atom stereocenters. The molecule has 5 nitrogen and oxygen atoms in total. The maximum absolute atomic E-state index is 13.5. The molecule has 0 aliphatic rings. The van der Waals surface area contributed by atoms with Gasteiger partial charge >= 0.3 is 0 Å². The molecule has 0 heterocycles. The number of anilines is 1. The van der Waals surface area contributed by atoms with Crippen LogP contribution in [0.15, 0.2) is 18.2 Å². The van der Waals surface area contributed by atoms with Crippen LogP contribution < -0.4 is 11.1 Å². The summed E-state index contributed by atoms with van der Waals surface area (Å²) in [5.41, 5.74) is 5.52. The maximum atomic E-state index is 13.5. The highest BCUT2D eigenvalue weighted by Crippen LogP contribution is 2.26. The molecule has 0 spiro atoms. The van der Waals surface area contributed by atoms with Gasteiger partial charge in [0.2, 0.25) is 5.91 Å². The minimum Gasteiger partial charge on any atom is -0.398 e. The van der Waals surface area contributed by atoms with Gasteiger partial charge in [-0.15, -0.1) is 0 Å². The molecule has 1 rings (SSSR count). The first kappa shape index (κ1) is 14.4. The van der Waals surface area contributed by atoms with Crippen molar-refractivity contribution in [3.05, 3.63) is 29.6 Å². The van der Waals surface area contributed by atoms with Crippen LogP contribution in [-0.4, -0.2) is 28.8 Å². The quantitative estimate of drug-likeness (QED) is 0.571. The van der Waals surface area contributed by atoms with Gasteiger partial charge < -0.3 is 21.3 Å². The van der Waals surface area contributed by atoms with Crippen molar-refractivity contribution in [1.82, 2.24) is 5.32 Å². The van der Waals surface area contributed by atoms with Crippen LogP contribution in [0.25, 0.3) is 0 Å². The van der Waals surface area contributed by atoms with Crippen LogP contribution in [0.4, 0.5) is 10.1 Å². The zero-order valence-electron chi connectivity index (χ0n) is 10.1. The van der Waals surface area contributed by atoms with E-state index in [0.717, 1.165) is 6.07 Å². The summed E-state index contributed by atoms with van der Waals surface area (Å²) in [6, 6.07) is 4.03. The Morgan fingerprint density at radius 2 is 2.17 bits per heavy atom. The highest BCUT2D eigenvalue weighted by atomic mass is 19.1. The van der Waals surface area contributed by atoms with Crippen molar-refractivity contribution in [3.8, 4) is 0 Å². The number of carbonyl (C=O) groups excluding carboxylic acids is 1. The predicted molar refractivity (Wildman–Crippen MR) is 65.1 cm³/mol. The lowest BCUT2D eigenvalue weighted by atomic mass is 10.00. The number of halogens is 1. The Labute approximate surface area is 104 Å². The van der Waals surface area contributed by atoms with Gasteiger partial charge in [0, 0.05) is 24.7 Å². The van der Waals surface area contributed by atoms with E-state index in [2.05, 4.69) is 5.32 Å². The van der Waals surface area contributed by atoms with Gasteiger partial charge in [0.1, 0.15) is 11.9 Å². The second-order valence-corrected chi connectivity index (χ2v) is 4.03. The standard InChI is InChI=1S/C12H17FN2O3/c1-7(16)15-6-5-10(17)12(18)11-8(13)3-2-4-9(11)14/h2-4,10,12,17-18H,5-6,14H2,1H3,(H,15,16). The third kappa shape index (κ3) is 3.68. The van der Waals surface area contributed by atoms with E-state index in [1.54, 1.807) is 0 Å². The highest BCUT2D eigenvalue weighted by molar-refractivity contribution is 5.72. The summed E-state index contributed by atoms with van der Waals surface area (Å²) in [4.78, 5) is 10.6. The number of carbonyl (C=O) groups is 1. The van der Waals surface area contributed by atoms with Crippen molar-refractivity contribution in [2.45, 2.75) is 25.6 Å². The van der Waals surface area contributed by atoms with Crippen LogP contribution in [0.3, 0.4) is 0 Å². The SMILES string of the molecule is CC(=O)NCCC(O)C(O)c1c(N)cccc1F. The van der Waals surface area contributed by atoms with Gasteiger partial charge in [0.05, 0.1) is 6.10 Å². The third-order valence-corrected chi connectivity index (χ3v) is 2.56. The summed E-state index contributed by atoms with van der Waals surface area (Å²) >= 11 is 0. The molecule has 100 valence electrons. The lowest BCUT2D eigenvalue weighted by molar-refractivity contribution is -0.119. The molecule has 0 saturated carbocycles. The average molecular weight is 256 g/mol. The maximum Gasteiger partial charge on any atom is 0.216 e. The van der Waals surface area contributed by atoms with Gasteiger partial charge in [-0.2, -0.15) is 0 Å². The van der Waals surface area contributed by atoms with Crippen LogP contribution in [0.2, 0.25) is 0 Å². The van der Waals surface area contributed by atoms with Crippen molar-refractivity contribution in [2.24, 2.45) is 0 Å². The smallest absolute Gasteiger partial charge is 0.216 e. The fraction of sp³-hybridized carbons (Fsp3) is 0.417. The molecular weight excluding hydrogens is 239 g/mol. The number of aliphatic hydroxyl groups excluding tert-OH is 2. The number of aliphatic hydroxyl groups is 2. The Morgan fingerprint density at radius 1 is 1.50 bits per heavy atom. The number of amides is 1. The summed E-state index contributed by atoms with van der Waals surface area (Å²) < 4.78 is 13.5. The van der Waals surface area contributed by atoms with Crippen LogP contribution in [0.5, 0.6) is 0 Å². The molecule has 0 bridgehead atoms. The van der Waals surface area contributed by atoms with E-state index < -0.39 is 18.0 Å². The zero-order valence-corrected chi connectivity index (χ0v) is 10.1. The molecule has 0 radical (unpaired) electrons. The molecule has 0 saturated heterocycles. The number of nitrogens with one attached hydrogen (secondary N) is 1. The van der Waals surface area contributed by atoms with Gasteiger partial charge in [-0.25, -0.2) is 4.39 Å². The van der Waals surface area contributed by atoms with Crippen molar-refractivity contribution in [3.63, 3.8) is 0 Å². The van der Waals surface area contributed by atoms with E-state index in [0.29, 0.717) is 0 Å². The van der Waals surface area contributed by atoms with Crippen LogP contribution in [-0.2, 0) is 4.79 Å². The summed E-state index contributed by atoms with van der Waals surface area (Å²) in [7, 11) is 0.